The number of ether oxygens (including phenoxy) is 1. The van der Waals surface area contributed by atoms with Crippen LogP contribution in [0.2, 0.25) is 0 Å². The highest BCUT2D eigenvalue weighted by molar-refractivity contribution is 7.99. The molecule has 0 aliphatic carbocycles. The zero-order valence-electron chi connectivity index (χ0n) is 9.28. The number of thioether (sulfide) groups is 1. The highest BCUT2D eigenvalue weighted by Crippen LogP contribution is 2.27. The van der Waals surface area contributed by atoms with Gasteiger partial charge in [0.25, 0.3) is 0 Å². The molecule has 0 saturated carbocycles. The molecule has 2 rings (SSSR count). The molecule has 1 aliphatic heterocycles. The van der Waals surface area contributed by atoms with E-state index in [1.807, 2.05) is 17.8 Å². The molecule has 1 aromatic rings. The minimum absolute atomic E-state index is 0.246. The molecule has 1 aromatic carbocycles. The Balaban J connectivity index is 2.07. The van der Waals surface area contributed by atoms with E-state index in [1.54, 1.807) is 12.1 Å². The van der Waals surface area contributed by atoms with Crippen molar-refractivity contribution in [2.75, 3.05) is 18.6 Å². The van der Waals surface area contributed by atoms with Gasteiger partial charge in [-0.3, -0.25) is 0 Å². The van der Waals surface area contributed by atoms with Crippen LogP contribution in [0.1, 0.15) is 5.56 Å². The Morgan fingerprint density at radius 3 is 2.88 bits per heavy atom. The average Bonchev–Trinajstić information content (AvgIpc) is 2.65. The van der Waals surface area contributed by atoms with Crippen molar-refractivity contribution in [1.29, 1.82) is 0 Å². The molecule has 2 atom stereocenters. The first-order valence-corrected chi connectivity index (χ1v) is 6.52. The minimum Gasteiger partial charge on any atom is -0.494 e. The maximum atomic E-state index is 13.5. The third-order valence-corrected chi connectivity index (χ3v) is 4.25. The molecular weight excluding hydrogens is 225 g/mol. The number of benzene rings is 1. The van der Waals surface area contributed by atoms with Crippen LogP contribution in [0.4, 0.5) is 4.39 Å². The van der Waals surface area contributed by atoms with Crippen molar-refractivity contribution in [3.05, 3.63) is 29.6 Å². The molecule has 2 nitrogen and oxygen atoms in total. The van der Waals surface area contributed by atoms with E-state index in [-0.39, 0.29) is 11.9 Å². The minimum atomic E-state index is -0.292. The van der Waals surface area contributed by atoms with Crippen molar-refractivity contribution in [3.63, 3.8) is 0 Å². The molecule has 1 saturated heterocycles. The van der Waals surface area contributed by atoms with E-state index in [0.29, 0.717) is 11.7 Å². The normalized spacial score (nSPS) is 24.7. The highest BCUT2D eigenvalue weighted by Gasteiger charge is 2.24. The molecule has 1 aliphatic rings. The summed E-state index contributed by atoms with van der Waals surface area (Å²) in [6.07, 6.45) is 0.856. The van der Waals surface area contributed by atoms with Crippen molar-refractivity contribution < 1.29 is 9.13 Å². The number of rotatable bonds is 3. The van der Waals surface area contributed by atoms with E-state index in [9.17, 15) is 4.39 Å². The summed E-state index contributed by atoms with van der Waals surface area (Å²) in [5, 5.41) is 0. The van der Waals surface area contributed by atoms with Gasteiger partial charge in [-0.05, 0) is 35.8 Å². The van der Waals surface area contributed by atoms with Crippen molar-refractivity contribution in [3.8, 4) is 5.75 Å². The number of hydrogen-bond acceptors (Lipinski definition) is 3. The fourth-order valence-electron chi connectivity index (χ4n) is 1.97. The van der Waals surface area contributed by atoms with E-state index in [0.717, 1.165) is 23.5 Å². The predicted octanol–water partition coefficient (Wildman–Crippen LogP) is 2.07. The van der Waals surface area contributed by atoms with Gasteiger partial charge >= 0.3 is 0 Å². The maximum Gasteiger partial charge on any atom is 0.165 e. The summed E-state index contributed by atoms with van der Waals surface area (Å²) in [5.41, 5.74) is 6.98. The second kappa shape index (κ2) is 5.06. The molecular formula is C12H16FNOS. The summed E-state index contributed by atoms with van der Waals surface area (Å²) in [6, 6.07) is 5.39. The number of halogens is 1. The summed E-state index contributed by atoms with van der Waals surface area (Å²) >= 11 is 1.88. The fraction of sp³-hybridized carbons (Fsp3) is 0.500. The fourth-order valence-corrected chi connectivity index (χ4v) is 3.31. The first kappa shape index (κ1) is 11.7. The van der Waals surface area contributed by atoms with Crippen LogP contribution in [0, 0.1) is 11.7 Å². The number of methoxy groups -OCH3 is 1. The predicted molar refractivity (Wildman–Crippen MR) is 65.4 cm³/mol. The first-order valence-electron chi connectivity index (χ1n) is 5.36. The summed E-state index contributed by atoms with van der Waals surface area (Å²) in [6.45, 7) is 0. The van der Waals surface area contributed by atoms with Crippen LogP contribution in [0.5, 0.6) is 5.75 Å². The van der Waals surface area contributed by atoms with Crippen LogP contribution < -0.4 is 10.5 Å². The largest absolute Gasteiger partial charge is 0.494 e. The molecule has 0 spiro atoms. The zero-order chi connectivity index (χ0) is 11.5. The zero-order valence-corrected chi connectivity index (χ0v) is 10.1. The lowest BCUT2D eigenvalue weighted by molar-refractivity contribution is 0.385. The van der Waals surface area contributed by atoms with E-state index in [2.05, 4.69) is 0 Å². The molecule has 88 valence electrons. The van der Waals surface area contributed by atoms with Crippen LogP contribution >= 0.6 is 11.8 Å². The van der Waals surface area contributed by atoms with Gasteiger partial charge in [0.1, 0.15) is 0 Å². The molecule has 2 unspecified atom stereocenters. The molecule has 0 aromatic heterocycles. The summed E-state index contributed by atoms with van der Waals surface area (Å²) in [5.74, 6) is 2.57. The lowest BCUT2D eigenvalue weighted by Crippen LogP contribution is -2.29. The number of hydrogen-bond donors (Lipinski definition) is 1. The smallest absolute Gasteiger partial charge is 0.165 e. The Morgan fingerprint density at radius 2 is 2.31 bits per heavy atom. The van der Waals surface area contributed by atoms with Crippen molar-refractivity contribution >= 4 is 11.8 Å². The van der Waals surface area contributed by atoms with Crippen molar-refractivity contribution in [2.24, 2.45) is 11.7 Å². The van der Waals surface area contributed by atoms with Gasteiger partial charge in [-0.25, -0.2) is 4.39 Å². The van der Waals surface area contributed by atoms with Gasteiger partial charge in [-0.2, -0.15) is 11.8 Å². The van der Waals surface area contributed by atoms with Gasteiger partial charge in [0, 0.05) is 11.8 Å². The monoisotopic (exact) mass is 241 g/mol. The average molecular weight is 241 g/mol. The molecule has 0 radical (unpaired) electrons. The highest BCUT2D eigenvalue weighted by atomic mass is 32.2. The van der Waals surface area contributed by atoms with Gasteiger partial charge in [-0.1, -0.05) is 6.07 Å². The SMILES string of the molecule is COc1ccc(CC2CSCC2N)cc1F. The molecule has 2 N–H and O–H groups in total. The van der Waals surface area contributed by atoms with Crippen LogP contribution in [-0.4, -0.2) is 24.7 Å². The van der Waals surface area contributed by atoms with E-state index >= 15 is 0 Å². The van der Waals surface area contributed by atoms with Gasteiger partial charge in [0.05, 0.1) is 7.11 Å². The topological polar surface area (TPSA) is 35.2 Å². The molecule has 4 heteroatoms. The Labute approximate surface area is 99.4 Å². The Morgan fingerprint density at radius 1 is 1.50 bits per heavy atom. The second-order valence-electron chi connectivity index (χ2n) is 4.13. The van der Waals surface area contributed by atoms with Gasteiger partial charge in [-0.15, -0.1) is 0 Å². The Hall–Kier alpha value is -0.740. The van der Waals surface area contributed by atoms with Crippen LogP contribution in [0.15, 0.2) is 18.2 Å². The lowest BCUT2D eigenvalue weighted by atomic mass is 9.95. The molecule has 0 amide bonds. The van der Waals surface area contributed by atoms with Gasteiger partial charge in [0.2, 0.25) is 0 Å². The van der Waals surface area contributed by atoms with Gasteiger partial charge < -0.3 is 10.5 Å². The summed E-state index contributed by atoms with van der Waals surface area (Å²) in [4.78, 5) is 0. The van der Waals surface area contributed by atoms with E-state index in [1.165, 1.54) is 7.11 Å². The third-order valence-electron chi connectivity index (χ3n) is 2.96. The van der Waals surface area contributed by atoms with E-state index < -0.39 is 0 Å². The lowest BCUT2D eigenvalue weighted by Gasteiger charge is -2.14. The summed E-state index contributed by atoms with van der Waals surface area (Å²) < 4.78 is 18.3. The first-order chi connectivity index (χ1) is 7.70. The van der Waals surface area contributed by atoms with Crippen LogP contribution in [0.3, 0.4) is 0 Å². The maximum absolute atomic E-state index is 13.5. The Bertz CT molecular complexity index is 372. The second-order valence-corrected chi connectivity index (χ2v) is 5.21. The third kappa shape index (κ3) is 2.50. The molecule has 16 heavy (non-hydrogen) atoms. The van der Waals surface area contributed by atoms with Gasteiger partial charge in [0.15, 0.2) is 11.6 Å². The molecule has 1 fully saturated rings. The van der Waals surface area contributed by atoms with Crippen molar-refractivity contribution in [2.45, 2.75) is 12.5 Å². The van der Waals surface area contributed by atoms with Crippen molar-refractivity contribution in [1.82, 2.24) is 0 Å². The standard InChI is InChI=1S/C12H16FNOS/c1-15-12-3-2-8(5-10(12)13)4-9-6-16-7-11(9)14/h2-3,5,9,11H,4,6-7,14H2,1H3. The molecule has 0 bridgehead atoms. The number of nitrogens with two attached hydrogens (primary N) is 1. The van der Waals surface area contributed by atoms with Crippen LogP contribution in [-0.2, 0) is 6.42 Å². The summed E-state index contributed by atoms with van der Waals surface area (Å²) in [7, 11) is 1.47. The van der Waals surface area contributed by atoms with E-state index in [4.69, 9.17) is 10.5 Å². The Kier molecular flexibility index (Phi) is 3.71. The van der Waals surface area contributed by atoms with Crippen LogP contribution in [0.25, 0.3) is 0 Å². The molecule has 1 heterocycles. The quantitative estimate of drug-likeness (QED) is 0.880.